The maximum absolute atomic E-state index is 5.18. The van der Waals surface area contributed by atoms with Crippen LogP contribution in [-0.2, 0) is 0 Å². The van der Waals surface area contributed by atoms with Gasteiger partial charge in [-0.15, -0.1) is 0 Å². The highest BCUT2D eigenvalue weighted by molar-refractivity contribution is 5.57. The second kappa shape index (κ2) is 2.10. The third kappa shape index (κ3) is 0.853. The van der Waals surface area contributed by atoms with E-state index in [1.54, 1.807) is 12.1 Å². The van der Waals surface area contributed by atoms with E-state index < -0.39 is 0 Å². The first-order chi connectivity index (χ1) is 6.33. The van der Waals surface area contributed by atoms with E-state index in [1.807, 2.05) is 0 Å². The Kier molecular flexibility index (Phi) is 1.07. The summed E-state index contributed by atoms with van der Waals surface area (Å²) in [5.74, 6) is 2.87. The van der Waals surface area contributed by atoms with Crippen molar-refractivity contribution in [3.8, 4) is 23.0 Å². The summed E-state index contributed by atoms with van der Waals surface area (Å²) in [7, 11) is 0. The van der Waals surface area contributed by atoms with Crippen LogP contribution in [0.25, 0.3) is 0 Å². The van der Waals surface area contributed by atoms with Gasteiger partial charge in [0.2, 0.25) is 6.79 Å². The second-order valence-corrected chi connectivity index (χ2v) is 2.73. The van der Waals surface area contributed by atoms with Crippen LogP contribution < -0.4 is 18.9 Å². The van der Waals surface area contributed by atoms with Crippen LogP contribution in [0.1, 0.15) is 0 Å². The molecule has 0 saturated heterocycles. The van der Waals surface area contributed by atoms with Crippen LogP contribution in [0.2, 0.25) is 0 Å². The molecule has 13 heavy (non-hydrogen) atoms. The van der Waals surface area contributed by atoms with Gasteiger partial charge in [-0.25, -0.2) is 0 Å². The minimum atomic E-state index is 0.249. The first-order valence-electron chi connectivity index (χ1n) is 3.81. The monoisotopic (exact) mass is 178 g/mol. The van der Waals surface area contributed by atoms with Crippen molar-refractivity contribution in [3.05, 3.63) is 24.7 Å². The lowest BCUT2D eigenvalue weighted by Crippen LogP contribution is -1.93. The Bertz CT molecular complexity index is 362. The van der Waals surface area contributed by atoms with Gasteiger partial charge in [-0.2, -0.15) is 0 Å². The van der Waals surface area contributed by atoms with Crippen LogP contribution >= 0.6 is 0 Å². The number of ether oxygens (including phenoxy) is 4. The van der Waals surface area contributed by atoms with Crippen molar-refractivity contribution in [2.24, 2.45) is 0 Å². The molecule has 0 spiro atoms. The Morgan fingerprint density at radius 1 is 0.923 bits per heavy atom. The molecule has 2 aliphatic heterocycles. The van der Waals surface area contributed by atoms with Gasteiger partial charge in [-0.05, 0) is 6.58 Å². The molecule has 0 fully saturated rings. The highest BCUT2D eigenvalue weighted by Crippen LogP contribution is 2.45. The molecule has 0 N–H and O–H groups in total. The van der Waals surface area contributed by atoms with E-state index in [0.29, 0.717) is 23.0 Å². The molecular formula is C9H6O4. The maximum atomic E-state index is 5.18. The van der Waals surface area contributed by atoms with Crippen LogP contribution in [0.3, 0.4) is 0 Å². The van der Waals surface area contributed by atoms with E-state index in [1.165, 1.54) is 0 Å². The molecule has 2 aliphatic rings. The summed E-state index contributed by atoms with van der Waals surface area (Å²) >= 11 is 0. The van der Waals surface area contributed by atoms with Gasteiger partial charge in [0.1, 0.15) is 0 Å². The van der Waals surface area contributed by atoms with Crippen LogP contribution in [0, 0.1) is 0 Å². The number of hydrogen-bond acceptors (Lipinski definition) is 4. The molecule has 0 aliphatic carbocycles. The predicted molar refractivity (Wildman–Crippen MR) is 43.0 cm³/mol. The molecule has 0 atom stereocenters. The molecule has 66 valence electrons. The van der Waals surface area contributed by atoms with Crippen molar-refractivity contribution < 1.29 is 18.9 Å². The molecule has 4 nitrogen and oxygen atoms in total. The fourth-order valence-electron chi connectivity index (χ4n) is 1.33. The third-order valence-electron chi connectivity index (χ3n) is 1.89. The van der Waals surface area contributed by atoms with Crippen molar-refractivity contribution in [2.45, 2.75) is 0 Å². The molecular weight excluding hydrogens is 172 g/mol. The van der Waals surface area contributed by atoms with Gasteiger partial charge in [0.05, 0.1) is 0 Å². The van der Waals surface area contributed by atoms with E-state index in [4.69, 9.17) is 18.9 Å². The van der Waals surface area contributed by atoms with Crippen molar-refractivity contribution >= 4 is 0 Å². The van der Waals surface area contributed by atoms with E-state index in [0.717, 1.165) is 0 Å². The summed E-state index contributed by atoms with van der Waals surface area (Å²) in [6.45, 7) is 3.80. The van der Waals surface area contributed by atoms with Gasteiger partial charge in [-0.1, -0.05) is 0 Å². The van der Waals surface area contributed by atoms with Gasteiger partial charge in [0.15, 0.2) is 23.0 Å². The van der Waals surface area contributed by atoms with Gasteiger partial charge in [0, 0.05) is 12.1 Å². The van der Waals surface area contributed by atoms with E-state index in [2.05, 4.69) is 6.58 Å². The van der Waals surface area contributed by atoms with Crippen molar-refractivity contribution in [3.63, 3.8) is 0 Å². The predicted octanol–water partition coefficient (Wildman–Crippen LogP) is 1.66. The first-order valence-corrected chi connectivity index (χ1v) is 3.81. The molecule has 1 aromatic carbocycles. The van der Waals surface area contributed by atoms with Crippen molar-refractivity contribution in [1.82, 2.24) is 0 Å². The van der Waals surface area contributed by atoms with Crippen molar-refractivity contribution in [2.75, 3.05) is 6.79 Å². The smallest absolute Gasteiger partial charge is 0.282 e. The largest absolute Gasteiger partial charge is 0.453 e. The highest BCUT2D eigenvalue weighted by atomic mass is 16.7. The van der Waals surface area contributed by atoms with Crippen LogP contribution in [0.15, 0.2) is 24.7 Å². The van der Waals surface area contributed by atoms with E-state index >= 15 is 0 Å². The second-order valence-electron chi connectivity index (χ2n) is 2.73. The highest BCUT2D eigenvalue weighted by Gasteiger charge is 2.24. The van der Waals surface area contributed by atoms with Gasteiger partial charge in [-0.3, -0.25) is 0 Å². The number of rotatable bonds is 0. The lowest BCUT2D eigenvalue weighted by molar-refractivity contribution is 0.173. The SMILES string of the molecule is C=C1Oc2cc3c(cc2O1)OCO3. The summed E-state index contributed by atoms with van der Waals surface area (Å²) in [5.41, 5.74) is 0. The maximum Gasteiger partial charge on any atom is 0.282 e. The van der Waals surface area contributed by atoms with E-state index in [9.17, 15) is 0 Å². The average Bonchev–Trinajstić information content (AvgIpc) is 2.63. The standard InChI is InChI=1S/C9H6O4/c1-5-12-8-2-6-7(11-4-10-6)3-9(8)13-5/h2-3H,1,4H2. The quantitative estimate of drug-likeness (QED) is 0.605. The Morgan fingerprint density at radius 2 is 1.46 bits per heavy atom. The molecule has 0 bridgehead atoms. The fraction of sp³-hybridized carbons (Fsp3) is 0.111. The number of hydrogen-bond donors (Lipinski definition) is 0. The average molecular weight is 178 g/mol. The van der Waals surface area contributed by atoms with Crippen molar-refractivity contribution in [1.29, 1.82) is 0 Å². The summed E-state index contributed by atoms with van der Waals surface area (Å²) < 4.78 is 20.7. The Balaban J connectivity index is 2.15. The first kappa shape index (κ1) is 6.65. The number of fused-ring (bicyclic) bond motifs is 2. The Hall–Kier alpha value is -1.84. The van der Waals surface area contributed by atoms with Crippen LogP contribution in [-0.4, -0.2) is 6.79 Å². The molecule has 0 saturated carbocycles. The number of benzene rings is 1. The normalized spacial score (nSPS) is 16.5. The van der Waals surface area contributed by atoms with Gasteiger partial charge < -0.3 is 18.9 Å². The minimum absolute atomic E-state index is 0.249. The van der Waals surface area contributed by atoms with Gasteiger partial charge in [0.25, 0.3) is 5.95 Å². The molecule has 3 rings (SSSR count). The zero-order chi connectivity index (χ0) is 8.84. The molecule has 0 amide bonds. The molecule has 0 aromatic heterocycles. The van der Waals surface area contributed by atoms with E-state index in [-0.39, 0.29) is 12.7 Å². The molecule has 0 radical (unpaired) electrons. The fourth-order valence-corrected chi connectivity index (χ4v) is 1.33. The van der Waals surface area contributed by atoms with Crippen LogP contribution in [0.5, 0.6) is 23.0 Å². The van der Waals surface area contributed by atoms with Crippen LogP contribution in [0.4, 0.5) is 0 Å². The molecule has 1 aromatic rings. The lowest BCUT2D eigenvalue weighted by atomic mass is 10.3. The zero-order valence-electron chi connectivity index (χ0n) is 6.70. The summed E-state index contributed by atoms with van der Waals surface area (Å²) in [6.07, 6.45) is 0. The third-order valence-corrected chi connectivity index (χ3v) is 1.89. The Morgan fingerprint density at radius 3 is 2.00 bits per heavy atom. The van der Waals surface area contributed by atoms with Gasteiger partial charge >= 0.3 is 0 Å². The topological polar surface area (TPSA) is 36.9 Å². The summed E-state index contributed by atoms with van der Waals surface area (Å²) in [5, 5.41) is 0. The summed E-state index contributed by atoms with van der Waals surface area (Å²) in [6, 6.07) is 3.46. The lowest BCUT2D eigenvalue weighted by Gasteiger charge is -1.96. The molecule has 4 heteroatoms. The minimum Gasteiger partial charge on any atom is -0.453 e. The summed E-state index contributed by atoms with van der Waals surface area (Å²) in [4.78, 5) is 0. The molecule has 0 unspecified atom stereocenters. The molecule has 2 heterocycles. The Labute approximate surface area is 74.3 Å². The zero-order valence-corrected chi connectivity index (χ0v) is 6.70.